The third kappa shape index (κ3) is 3.75. The number of halogens is 3. The van der Waals surface area contributed by atoms with Gasteiger partial charge in [0.2, 0.25) is 0 Å². The summed E-state index contributed by atoms with van der Waals surface area (Å²) in [5.74, 6) is 0.833. The Hall–Kier alpha value is -1.23. The number of piperazine rings is 1. The molecule has 0 unspecified atom stereocenters. The number of nitrogens with zero attached hydrogens (tertiary/aromatic N) is 2. The summed E-state index contributed by atoms with van der Waals surface area (Å²) in [7, 11) is 0. The van der Waals surface area contributed by atoms with E-state index < -0.39 is 11.7 Å². The minimum Gasteiger partial charge on any atom is -0.369 e. The maximum Gasteiger partial charge on any atom is 0.416 e. The molecule has 0 atom stereocenters. The van der Waals surface area contributed by atoms with E-state index in [9.17, 15) is 13.2 Å². The molecule has 1 saturated heterocycles. The summed E-state index contributed by atoms with van der Waals surface area (Å²) in [4.78, 5) is 4.54. The molecule has 0 aromatic heterocycles. The fraction of sp³-hybridized carbons (Fsp3) is 0.647. The topological polar surface area (TPSA) is 6.48 Å². The van der Waals surface area contributed by atoms with E-state index in [0.29, 0.717) is 5.69 Å². The van der Waals surface area contributed by atoms with Crippen molar-refractivity contribution < 1.29 is 13.2 Å². The number of hydrogen-bond acceptors (Lipinski definition) is 2. The van der Waals surface area contributed by atoms with Crippen LogP contribution in [-0.2, 0) is 6.18 Å². The molecule has 0 bridgehead atoms. The maximum atomic E-state index is 12.8. The average Bonchev–Trinajstić information content (AvgIpc) is 3.00. The van der Waals surface area contributed by atoms with Gasteiger partial charge in [-0.15, -0.1) is 0 Å². The van der Waals surface area contributed by atoms with Gasteiger partial charge in [-0.1, -0.05) is 18.9 Å². The van der Waals surface area contributed by atoms with Crippen LogP contribution in [0.4, 0.5) is 18.9 Å². The van der Waals surface area contributed by atoms with E-state index in [1.165, 1.54) is 37.8 Å². The highest BCUT2D eigenvalue weighted by molar-refractivity contribution is 5.49. The van der Waals surface area contributed by atoms with Gasteiger partial charge in [0.15, 0.2) is 0 Å². The molecule has 2 fully saturated rings. The van der Waals surface area contributed by atoms with Crippen LogP contribution in [0.15, 0.2) is 24.3 Å². The lowest BCUT2D eigenvalue weighted by Gasteiger charge is -2.37. The van der Waals surface area contributed by atoms with E-state index in [2.05, 4.69) is 9.80 Å². The summed E-state index contributed by atoms with van der Waals surface area (Å²) in [5, 5.41) is 0. The van der Waals surface area contributed by atoms with Crippen molar-refractivity contribution in [2.24, 2.45) is 5.92 Å². The summed E-state index contributed by atoms with van der Waals surface area (Å²) in [6, 6.07) is 5.69. The number of rotatable bonds is 3. The Morgan fingerprint density at radius 2 is 1.68 bits per heavy atom. The first-order valence-electron chi connectivity index (χ1n) is 8.17. The van der Waals surface area contributed by atoms with Gasteiger partial charge in [-0.2, -0.15) is 13.2 Å². The van der Waals surface area contributed by atoms with Crippen LogP contribution < -0.4 is 4.90 Å². The Morgan fingerprint density at radius 3 is 2.32 bits per heavy atom. The molecule has 1 aliphatic heterocycles. The quantitative estimate of drug-likeness (QED) is 0.832. The van der Waals surface area contributed by atoms with Crippen LogP contribution in [0.2, 0.25) is 0 Å². The van der Waals surface area contributed by atoms with E-state index in [0.717, 1.165) is 44.7 Å². The van der Waals surface area contributed by atoms with Crippen molar-refractivity contribution in [3.8, 4) is 0 Å². The van der Waals surface area contributed by atoms with Crippen LogP contribution >= 0.6 is 0 Å². The maximum absolute atomic E-state index is 12.8. The minimum absolute atomic E-state index is 0.557. The van der Waals surface area contributed by atoms with Gasteiger partial charge in [0.25, 0.3) is 0 Å². The SMILES string of the molecule is FC(F)(F)c1cccc(N2CCN(CC3CCCC3)CC2)c1. The van der Waals surface area contributed by atoms with Crippen LogP contribution in [-0.4, -0.2) is 37.6 Å². The largest absolute Gasteiger partial charge is 0.416 e. The van der Waals surface area contributed by atoms with Gasteiger partial charge in [0.05, 0.1) is 5.56 Å². The molecule has 1 heterocycles. The van der Waals surface area contributed by atoms with Gasteiger partial charge in [0, 0.05) is 38.4 Å². The first kappa shape index (κ1) is 15.7. The second-order valence-electron chi connectivity index (χ2n) is 6.49. The van der Waals surface area contributed by atoms with Gasteiger partial charge < -0.3 is 4.90 Å². The van der Waals surface area contributed by atoms with Crippen LogP contribution in [0.3, 0.4) is 0 Å². The summed E-state index contributed by atoms with van der Waals surface area (Å²) in [6.45, 7) is 4.69. The lowest BCUT2D eigenvalue weighted by molar-refractivity contribution is -0.137. The second-order valence-corrected chi connectivity index (χ2v) is 6.49. The Balaban J connectivity index is 1.57. The molecule has 1 saturated carbocycles. The van der Waals surface area contributed by atoms with Crippen LogP contribution in [0, 0.1) is 5.92 Å². The smallest absolute Gasteiger partial charge is 0.369 e. The lowest BCUT2D eigenvalue weighted by Crippen LogP contribution is -2.47. The lowest BCUT2D eigenvalue weighted by atomic mass is 10.1. The monoisotopic (exact) mass is 312 g/mol. The molecule has 0 N–H and O–H groups in total. The zero-order valence-corrected chi connectivity index (χ0v) is 12.8. The minimum atomic E-state index is -4.26. The summed E-state index contributed by atoms with van der Waals surface area (Å²) < 4.78 is 38.4. The standard InChI is InChI=1S/C17H23F3N2/c18-17(19,20)15-6-3-7-16(12-15)22-10-8-21(9-11-22)13-14-4-1-2-5-14/h3,6-7,12,14H,1-2,4-5,8-11,13H2. The zero-order valence-electron chi connectivity index (χ0n) is 12.8. The van der Waals surface area contributed by atoms with E-state index in [1.807, 2.05) is 0 Å². The number of benzene rings is 1. The van der Waals surface area contributed by atoms with Gasteiger partial charge >= 0.3 is 6.18 Å². The van der Waals surface area contributed by atoms with Crippen molar-refractivity contribution in [1.82, 2.24) is 4.90 Å². The molecule has 22 heavy (non-hydrogen) atoms. The van der Waals surface area contributed by atoms with Gasteiger partial charge in [-0.3, -0.25) is 4.90 Å². The number of alkyl halides is 3. The van der Waals surface area contributed by atoms with Crippen LogP contribution in [0.5, 0.6) is 0 Å². The summed E-state index contributed by atoms with van der Waals surface area (Å²) >= 11 is 0. The van der Waals surface area contributed by atoms with Crippen molar-refractivity contribution in [2.75, 3.05) is 37.6 Å². The molecule has 0 amide bonds. The highest BCUT2D eigenvalue weighted by Crippen LogP contribution is 2.32. The molecular weight excluding hydrogens is 289 g/mol. The fourth-order valence-electron chi connectivity index (χ4n) is 3.63. The highest BCUT2D eigenvalue weighted by Gasteiger charge is 2.31. The molecule has 1 aliphatic carbocycles. The molecule has 2 aliphatic rings. The molecule has 3 rings (SSSR count). The predicted octanol–water partition coefficient (Wildman–Crippen LogP) is 4.02. The normalized spacial score (nSPS) is 21.5. The van der Waals surface area contributed by atoms with Crippen molar-refractivity contribution in [3.05, 3.63) is 29.8 Å². The van der Waals surface area contributed by atoms with Crippen molar-refractivity contribution in [2.45, 2.75) is 31.9 Å². The average molecular weight is 312 g/mol. The first-order valence-corrected chi connectivity index (χ1v) is 8.17. The molecule has 1 aromatic rings. The molecule has 0 radical (unpaired) electrons. The zero-order chi connectivity index (χ0) is 15.6. The van der Waals surface area contributed by atoms with Crippen molar-refractivity contribution in [3.63, 3.8) is 0 Å². The van der Waals surface area contributed by atoms with E-state index >= 15 is 0 Å². The predicted molar refractivity (Wildman–Crippen MR) is 82.1 cm³/mol. The second kappa shape index (κ2) is 6.49. The first-order chi connectivity index (χ1) is 10.5. The number of anilines is 1. The molecular formula is C17H23F3N2. The fourth-order valence-corrected chi connectivity index (χ4v) is 3.63. The Kier molecular flexibility index (Phi) is 4.62. The van der Waals surface area contributed by atoms with Crippen LogP contribution in [0.1, 0.15) is 31.2 Å². The van der Waals surface area contributed by atoms with E-state index in [1.54, 1.807) is 6.07 Å². The summed E-state index contributed by atoms with van der Waals surface area (Å²) in [6.07, 6.45) is 1.13. The highest BCUT2D eigenvalue weighted by atomic mass is 19.4. The third-order valence-corrected chi connectivity index (χ3v) is 4.90. The van der Waals surface area contributed by atoms with E-state index in [-0.39, 0.29) is 0 Å². The third-order valence-electron chi connectivity index (χ3n) is 4.90. The number of hydrogen-bond donors (Lipinski definition) is 0. The summed E-state index contributed by atoms with van der Waals surface area (Å²) in [5.41, 5.74) is 0.133. The Labute approximate surface area is 129 Å². The van der Waals surface area contributed by atoms with Gasteiger partial charge in [-0.05, 0) is 37.0 Å². The van der Waals surface area contributed by atoms with Gasteiger partial charge in [-0.25, -0.2) is 0 Å². The molecule has 5 heteroatoms. The Bertz CT molecular complexity index is 487. The van der Waals surface area contributed by atoms with Gasteiger partial charge in [0.1, 0.15) is 0 Å². The molecule has 2 nitrogen and oxygen atoms in total. The van der Waals surface area contributed by atoms with E-state index in [4.69, 9.17) is 0 Å². The molecule has 0 spiro atoms. The molecule has 122 valence electrons. The van der Waals surface area contributed by atoms with Crippen molar-refractivity contribution >= 4 is 5.69 Å². The van der Waals surface area contributed by atoms with Crippen molar-refractivity contribution in [1.29, 1.82) is 0 Å². The Morgan fingerprint density at radius 1 is 1.00 bits per heavy atom. The molecule has 1 aromatic carbocycles. The van der Waals surface area contributed by atoms with Crippen LogP contribution in [0.25, 0.3) is 0 Å².